The van der Waals surface area contributed by atoms with Crippen LogP contribution in [0.2, 0.25) is 0 Å². The van der Waals surface area contributed by atoms with Crippen LogP contribution in [0.4, 0.5) is 5.69 Å². The summed E-state index contributed by atoms with van der Waals surface area (Å²) in [6, 6.07) is 5.43. The van der Waals surface area contributed by atoms with Crippen molar-refractivity contribution in [3.05, 3.63) is 24.1 Å². The molecular weight excluding hydrogens is 230 g/mol. The fourth-order valence-electron chi connectivity index (χ4n) is 1.70. The molecule has 5 heteroatoms. The van der Waals surface area contributed by atoms with Gasteiger partial charge in [0, 0.05) is 12.6 Å². The number of hydrogen-bond donors (Lipinski definition) is 2. The average Bonchev–Trinajstić information content (AvgIpc) is 2.69. The van der Waals surface area contributed by atoms with Crippen LogP contribution in [-0.2, 0) is 4.79 Å². The predicted molar refractivity (Wildman–Crippen MR) is 70.5 cm³/mol. The maximum atomic E-state index is 11.6. The zero-order chi connectivity index (χ0) is 13.0. The van der Waals surface area contributed by atoms with Crippen molar-refractivity contribution >= 4 is 22.7 Å². The van der Waals surface area contributed by atoms with Crippen molar-refractivity contribution in [3.8, 4) is 0 Å². The highest BCUT2D eigenvalue weighted by molar-refractivity contribution is 5.94. The van der Waals surface area contributed by atoms with Crippen LogP contribution in [0, 0.1) is 6.92 Å². The maximum absolute atomic E-state index is 11.6. The van der Waals surface area contributed by atoms with E-state index in [2.05, 4.69) is 22.5 Å². The monoisotopic (exact) mass is 247 g/mol. The topological polar surface area (TPSA) is 67.2 Å². The molecule has 2 N–H and O–H groups in total. The van der Waals surface area contributed by atoms with Gasteiger partial charge in [0.15, 0.2) is 11.5 Å². The lowest BCUT2D eigenvalue weighted by atomic mass is 10.3. The molecule has 0 fully saturated rings. The van der Waals surface area contributed by atoms with Gasteiger partial charge >= 0.3 is 0 Å². The Morgan fingerprint density at radius 1 is 1.44 bits per heavy atom. The minimum absolute atomic E-state index is 0.0528. The van der Waals surface area contributed by atoms with E-state index in [9.17, 15) is 4.79 Å². The molecule has 18 heavy (non-hydrogen) atoms. The SMILES string of the molecule is CCCNCC(=O)Nc1ccc2oc(C)nc2c1. The lowest BCUT2D eigenvalue weighted by Gasteiger charge is -2.05. The molecule has 96 valence electrons. The summed E-state index contributed by atoms with van der Waals surface area (Å²) in [6.07, 6.45) is 1.01. The number of rotatable bonds is 5. The van der Waals surface area contributed by atoms with Gasteiger partial charge in [0.25, 0.3) is 0 Å². The van der Waals surface area contributed by atoms with Crippen molar-refractivity contribution < 1.29 is 9.21 Å². The first-order valence-electron chi connectivity index (χ1n) is 6.07. The van der Waals surface area contributed by atoms with Gasteiger partial charge in [-0.15, -0.1) is 0 Å². The lowest BCUT2D eigenvalue weighted by Crippen LogP contribution is -2.28. The van der Waals surface area contributed by atoms with E-state index in [4.69, 9.17) is 4.42 Å². The number of oxazole rings is 1. The van der Waals surface area contributed by atoms with Gasteiger partial charge in [-0.2, -0.15) is 0 Å². The number of hydrogen-bond acceptors (Lipinski definition) is 4. The number of benzene rings is 1. The van der Waals surface area contributed by atoms with E-state index in [0.717, 1.165) is 29.8 Å². The van der Waals surface area contributed by atoms with Crippen molar-refractivity contribution in [2.24, 2.45) is 0 Å². The Morgan fingerprint density at radius 2 is 2.28 bits per heavy atom. The first-order valence-corrected chi connectivity index (χ1v) is 6.07. The van der Waals surface area contributed by atoms with Crippen LogP contribution in [0.3, 0.4) is 0 Å². The number of anilines is 1. The molecule has 0 spiro atoms. The highest BCUT2D eigenvalue weighted by atomic mass is 16.3. The highest BCUT2D eigenvalue weighted by Crippen LogP contribution is 2.19. The Kier molecular flexibility index (Phi) is 3.94. The first kappa shape index (κ1) is 12.6. The van der Waals surface area contributed by atoms with Gasteiger partial charge in [-0.25, -0.2) is 4.98 Å². The standard InChI is InChI=1S/C13H17N3O2/c1-3-6-14-8-13(17)16-10-4-5-12-11(7-10)15-9(2)18-12/h4-5,7,14H,3,6,8H2,1-2H3,(H,16,17). The zero-order valence-corrected chi connectivity index (χ0v) is 10.6. The molecule has 0 aliphatic heterocycles. The van der Waals surface area contributed by atoms with E-state index >= 15 is 0 Å². The summed E-state index contributed by atoms with van der Waals surface area (Å²) < 4.78 is 5.37. The number of nitrogens with one attached hydrogen (secondary N) is 2. The van der Waals surface area contributed by atoms with Crippen LogP contribution in [0.15, 0.2) is 22.6 Å². The second kappa shape index (κ2) is 5.64. The molecule has 0 aliphatic carbocycles. The molecule has 1 aromatic heterocycles. The Labute approximate surface area is 106 Å². The number of aryl methyl sites for hydroxylation is 1. The summed E-state index contributed by atoms with van der Waals surface area (Å²) in [6.45, 7) is 5.03. The van der Waals surface area contributed by atoms with Gasteiger partial charge in [0.1, 0.15) is 5.52 Å². The van der Waals surface area contributed by atoms with Crippen molar-refractivity contribution in [1.82, 2.24) is 10.3 Å². The van der Waals surface area contributed by atoms with E-state index in [1.54, 1.807) is 6.92 Å². The quantitative estimate of drug-likeness (QED) is 0.794. The van der Waals surface area contributed by atoms with Crippen LogP contribution in [0.5, 0.6) is 0 Å². The largest absolute Gasteiger partial charge is 0.441 e. The molecule has 0 radical (unpaired) electrons. The molecule has 2 aromatic rings. The van der Waals surface area contributed by atoms with E-state index in [-0.39, 0.29) is 5.91 Å². The van der Waals surface area contributed by atoms with Gasteiger partial charge in [0.05, 0.1) is 6.54 Å². The van der Waals surface area contributed by atoms with Crippen LogP contribution in [0.1, 0.15) is 19.2 Å². The number of carbonyl (C=O) groups is 1. The Hall–Kier alpha value is -1.88. The normalized spacial score (nSPS) is 10.8. The molecule has 0 unspecified atom stereocenters. The number of fused-ring (bicyclic) bond motifs is 1. The lowest BCUT2D eigenvalue weighted by molar-refractivity contribution is -0.115. The third kappa shape index (κ3) is 3.07. The molecule has 0 aliphatic rings. The van der Waals surface area contributed by atoms with Gasteiger partial charge in [-0.3, -0.25) is 4.79 Å². The van der Waals surface area contributed by atoms with Crippen molar-refractivity contribution in [1.29, 1.82) is 0 Å². The van der Waals surface area contributed by atoms with Crippen molar-refractivity contribution in [2.45, 2.75) is 20.3 Å². The van der Waals surface area contributed by atoms with Gasteiger partial charge < -0.3 is 15.1 Å². The molecule has 1 amide bonds. The van der Waals surface area contributed by atoms with E-state index < -0.39 is 0 Å². The first-order chi connectivity index (χ1) is 8.69. The van der Waals surface area contributed by atoms with Crippen LogP contribution < -0.4 is 10.6 Å². The molecule has 2 rings (SSSR count). The van der Waals surface area contributed by atoms with Crippen LogP contribution >= 0.6 is 0 Å². The molecule has 0 saturated carbocycles. The van der Waals surface area contributed by atoms with Crippen molar-refractivity contribution in [3.63, 3.8) is 0 Å². The molecule has 0 saturated heterocycles. The number of amides is 1. The molecule has 1 heterocycles. The van der Waals surface area contributed by atoms with E-state index in [1.165, 1.54) is 0 Å². The number of carbonyl (C=O) groups excluding carboxylic acids is 1. The maximum Gasteiger partial charge on any atom is 0.238 e. The number of aromatic nitrogens is 1. The molecular formula is C13H17N3O2. The van der Waals surface area contributed by atoms with E-state index in [1.807, 2.05) is 18.2 Å². The summed E-state index contributed by atoms with van der Waals surface area (Å²) in [5, 5.41) is 5.87. The van der Waals surface area contributed by atoms with E-state index in [0.29, 0.717) is 12.4 Å². The minimum Gasteiger partial charge on any atom is -0.441 e. The molecule has 1 aromatic carbocycles. The zero-order valence-electron chi connectivity index (χ0n) is 10.6. The summed E-state index contributed by atoms with van der Waals surface area (Å²) >= 11 is 0. The summed E-state index contributed by atoms with van der Waals surface area (Å²) in [4.78, 5) is 15.8. The Balaban J connectivity index is 2.00. The minimum atomic E-state index is -0.0528. The third-order valence-electron chi connectivity index (χ3n) is 2.49. The number of nitrogens with zero attached hydrogens (tertiary/aromatic N) is 1. The summed E-state index contributed by atoms with van der Waals surface area (Å²) in [7, 11) is 0. The molecule has 0 atom stereocenters. The summed E-state index contributed by atoms with van der Waals surface area (Å²) in [5.41, 5.74) is 2.22. The van der Waals surface area contributed by atoms with Gasteiger partial charge in [0.2, 0.25) is 5.91 Å². The Morgan fingerprint density at radius 3 is 3.06 bits per heavy atom. The third-order valence-corrected chi connectivity index (χ3v) is 2.49. The fourth-order valence-corrected chi connectivity index (χ4v) is 1.70. The highest BCUT2D eigenvalue weighted by Gasteiger charge is 2.05. The Bertz CT molecular complexity index is 548. The molecule has 0 bridgehead atoms. The van der Waals surface area contributed by atoms with Gasteiger partial charge in [-0.05, 0) is 31.2 Å². The van der Waals surface area contributed by atoms with Crippen molar-refractivity contribution in [2.75, 3.05) is 18.4 Å². The van der Waals surface area contributed by atoms with Gasteiger partial charge in [-0.1, -0.05) is 6.92 Å². The smallest absolute Gasteiger partial charge is 0.238 e. The summed E-state index contributed by atoms with van der Waals surface area (Å²) in [5.74, 6) is 0.570. The van der Waals surface area contributed by atoms with Crippen LogP contribution in [-0.4, -0.2) is 24.0 Å². The second-order valence-electron chi connectivity index (χ2n) is 4.14. The molecule has 5 nitrogen and oxygen atoms in total. The predicted octanol–water partition coefficient (Wildman–Crippen LogP) is 2.07. The second-order valence-corrected chi connectivity index (χ2v) is 4.14. The fraction of sp³-hybridized carbons (Fsp3) is 0.385. The van der Waals surface area contributed by atoms with Crippen LogP contribution in [0.25, 0.3) is 11.1 Å². The average molecular weight is 247 g/mol.